The van der Waals surface area contributed by atoms with Gasteiger partial charge in [-0.15, -0.1) is 11.3 Å². The number of carbonyl (C=O) groups excluding carboxylic acids is 2. The molecule has 3 N–H and O–H groups in total. The first-order chi connectivity index (χ1) is 10.8. The van der Waals surface area contributed by atoms with Crippen molar-refractivity contribution < 1.29 is 14.5 Å². The van der Waals surface area contributed by atoms with E-state index >= 15 is 0 Å². The summed E-state index contributed by atoms with van der Waals surface area (Å²) in [6.07, 6.45) is 0.618. The first-order valence-corrected chi connectivity index (χ1v) is 7.64. The fraction of sp³-hybridized carbons (Fsp3) is 0.200. The number of nitrogens with zero attached hydrogens (tertiary/aromatic N) is 1. The minimum atomic E-state index is -0.611. The fourth-order valence-corrected chi connectivity index (χ4v) is 3.43. The Labute approximate surface area is 136 Å². The van der Waals surface area contributed by atoms with Gasteiger partial charge in [0.1, 0.15) is 5.00 Å². The Bertz CT molecular complexity index is 798. The standard InChI is InChI=1S/C15H15N3O4S/c1-3-11-8(2)23-15(12(11)13(16)19)17-14(20)9-5-4-6-10(7-9)18(21)22/h4-7H,3H2,1-2H3,(H2,16,19)(H,17,20). The number of nitro benzene ring substituents is 1. The molecule has 0 saturated heterocycles. The summed E-state index contributed by atoms with van der Waals surface area (Å²) in [5.41, 5.74) is 6.47. The number of anilines is 1. The van der Waals surface area contributed by atoms with E-state index in [4.69, 9.17) is 5.73 Å². The molecule has 0 aliphatic heterocycles. The van der Waals surface area contributed by atoms with Gasteiger partial charge in [-0.3, -0.25) is 19.7 Å². The minimum Gasteiger partial charge on any atom is -0.365 e. The van der Waals surface area contributed by atoms with Crippen LogP contribution in [0.2, 0.25) is 0 Å². The van der Waals surface area contributed by atoms with Gasteiger partial charge in [-0.05, 0) is 25.0 Å². The Morgan fingerprint density at radius 2 is 2.09 bits per heavy atom. The van der Waals surface area contributed by atoms with Crippen LogP contribution in [0.4, 0.5) is 10.7 Å². The summed E-state index contributed by atoms with van der Waals surface area (Å²) in [5, 5.41) is 13.8. The molecule has 1 aromatic heterocycles. The van der Waals surface area contributed by atoms with E-state index in [-0.39, 0.29) is 11.3 Å². The van der Waals surface area contributed by atoms with E-state index in [0.717, 1.165) is 10.4 Å². The maximum Gasteiger partial charge on any atom is 0.270 e. The third-order valence-corrected chi connectivity index (χ3v) is 4.42. The van der Waals surface area contributed by atoms with Crippen molar-refractivity contribution in [3.05, 3.63) is 55.9 Å². The summed E-state index contributed by atoms with van der Waals surface area (Å²) in [7, 11) is 0. The SMILES string of the molecule is CCc1c(C)sc(NC(=O)c2cccc([N+](=O)[O-])c2)c1C(N)=O. The van der Waals surface area contributed by atoms with Gasteiger partial charge in [-0.1, -0.05) is 13.0 Å². The third-order valence-electron chi connectivity index (χ3n) is 3.36. The second-order valence-corrected chi connectivity index (χ2v) is 6.05. The lowest BCUT2D eigenvalue weighted by molar-refractivity contribution is -0.384. The first kappa shape index (κ1) is 16.6. The molecule has 2 rings (SSSR count). The predicted molar refractivity (Wildman–Crippen MR) is 88.0 cm³/mol. The van der Waals surface area contributed by atoms with Crippen molar-refractivity contribution in [3.63, 3.8) is 0 Å². The van der Waals surface area contributed by atoms with E-state index in [1.165, 1.54) is 35.6 Å². The lowest BCUT2D eigenvalue weighted by atomic mass is 10.1. The maximum atomic E-state index is 12.3. The molecule has 8 heteroatoms. The summed E-state index contributed by atoms with van der Waals surface area (Å²) in [5.74, 6) is -1.14. The molecule has 1 heterocycles. The number of hydrogen-bond donors (Lipinski definition) is 2. The van der Waals surface area contributed by atoms with Crippen molar-refractivity contribution in [3.8, 4) is 0 Å². The van der Waals surface area contributed by atoms with Crippen LogP contribution in [0.5, 0.6) is 0 Å². The molecule has 7 nitrogen and oxygen atoms in total. The highest BCUT2D eigenvalue weighted by Crippen LogP contribution is 2.33. The Hall–Kier alpha value is -2.74. The molecule has 0 spiro atoms. The van der Waals surface area contributed by atoms with E-state index in [9.17, 15) is 19.7 Å². The molecule has 0 fully saturated rings. The highest BCUT2D eigenvalue weighted by Gasteiger charge is 2.21. The second-order valence-electron chi connectivity index (χ2n) is 4.82. The Morgan fingerprint density at radius 3 is 2.65 bits per heavy atom. The summed E-state index contributed by atoms with van der Waals surface area (Å²) in [4.78, 5) is 35.1. The molecule has 23 heavy (non-hydrogen) atoms. The third kappa shape index (κ3) is 3.37. The van der Waals surface area contributed by atoms with Crippen molar-refractivity contribution in [2.75, 3.05) is 5.32 Å². The van der Waals surface area contributed by atoms with Gasteiger partial charge in [0.2, 0.25) is 0 Å². The number of hydrogen-bond acceptors (Lipinski definition) is 5. The molecule has 2 aromatic rings. The number of non-ortho nitro benzene ring substituents is 1. The average molecular weight is 333 g/mol. The van der Waals surface area contributed by atoms with Gasteiger partial charge in [0, 0.05) is 22.6 Å². The normalized spacial score (nSPS) is 10.3. The molecule has 0 aliphatic carbocycles. The lowest BCUT2D eigenvalue weighted by Gasteiger charge is -2.06. The molecular weight excluding hydrogens is 318 g/mol. The number of amides is 2. The molecule has 120 valence electrons. The molecule has 0 aliphatic rings. The monoisotopic (exact) mass is 333 g/mol. The minimum absolute atomic E-state index is 0.138. The van der Waals surface area contributed by atoms with Crippen molar-refractivity contribution in [2.45, 2.75) is 20.3 Å². The van der Waals surface area contributed by atoms with Gasteiger partial charge < -0.3 is 11.1 Å². The van der Waals surface area contributed by atoms with Crippen molar-refractivity contribution >= 4 is 33.8 Å². The van der Waals surface area contributed by atoms with Gasteiger partial charge in [0.25, 0.3) is 17.5 Å². The van der Waals surface area contributed by atoms with E-state index in [0.29, 0.717) is 17.0 Å². The number of nitrogens with two attached hydrogens (primary N) is 1. The number of nitrogens with one attached hydrogen (secondary N) is 1. The van der Waals surface area contributed by atoms with Gasteiger partial charge in [0.15, 0.2) is 0 Å². The predicted octanol–water partition coefficient (Wildman–Crippen LogP) is 2.88. The number of carbonyl (C=O) groups is 2. The fourth-order valence-electron chi connectivity index (χ4n) is 2.29. The molecule has 0 radical (unpaired) electrons. The molecule has 0 bridgehead atoms. The molecule has 1 aromatic carbocycles. The summed E-state index contributed by atoms with van der Waals surface area (Å²) >= 11 is 1.26. The highest BCUT2D eigenvalue weighted by molar-refractivity contribution is 7.16. The molecular formula is C15H15N3O4S. The van der Waals surface area contributed by atoms with Crippen LogP contribution in [-0.2, 0) is 6.42 Å². The number of nitro groups is 1. The summed E-state index contributed by atoms with van der Waals surface area (Å²) in [6, 6.07) is 5.38. The number of rotatable bonds is 5. The second kappa shape index (κ2) is 6.57. The molecule has 2 amide bonds. The Morgan fingerprint density at radius 1 is 1.39 bits per heavy atom. The van der Waals surface area contributed by atoms with Crippen LogP contribution in [0.15, 0.2) is 24.3 Å². The van der Waals surface area contributed by atoms with Gasteiger partial charge in [0.05, 0.1) is 10.5 Å². The summed E-state index contributed by atoms with van der Waals surface area (Å²) < 4.78 is 0. The first-order valence-electron chi connectivity index (χ1n) is 6.83. The van der Waals surface area contributed by atoms with Crippen molar-refractivity contribution in [1.29, 1.82) is 0 Å². The van der Waals surface area contributed by atoms with Gasteiger partial charge in [-0.2, -0.15) is 0 Å². The average Bonchev–Trinajstić information content (AvgIpc) is 2.82. The van der Waals surface area contributed by atoms with Crippen molar-refractivity contribution in [1.82, 2.24) is 0 Å². The van der Waals surface area contributed by atoms with Gasteiger partial charge >= 0.3 is 0 Å². The van der Waals surface area contributed by atoms with Crippen LogP contribution < -0.4 is 11.1 Å². The van der Waals surface area contributed by atoms with E-state index < -0.39 is 16.7 Å². The maximum absolute atomic E-state index is 12.3. The lowest BCUT2D eigenvalue weighted by Crippen LogP contribution is -2.18. The van der Waals surface area contributed by atoms with Crippen LogP contribution >= 0.6 is 11.3 Å². The Kier molecular flexibility index (Phi) is 4.75. The van der Waals surface area contributed by atoms with E-state index in [1.54, 1.807) is 0 Å². The number of thiophene rings is 1. The molecule has 0 unspecified atom stereocenters. The van der Waals surface area contributed by atoms with E-state index in [1.807, 2.05) is 13.8 Å². The number of aryl methyl sites for hydroxylation is 1. The quantitative estimate of drug-likeness (QED) is 0.646. The van der Waals surface area contributed by atoms with Crippen LogP contribution in [0.1, 0.15) is 38.1 Å². The van der Waals surface area contributed by atoms with Crippen LogP contribution in [0.3, 0.4) is 0 Å². The van der Waals surface area contributed by atoms with E-state index in [2.05, 4.69) is 5.32 Å². The smallest absolute Gasteiger partial charge is 0.270 e. The highest BCUT2D eigenvalue weighted by atomic mass is 32.1. The van der Waals surface area contributed by atoms with Crippen LogP contribution in [-0.4, -0.2) is 16.7 Å². The molecule has 0 saturated carbocycles. The zero-order valence-electron chi connectivity index (χ0n) is 12.6. The Balaban J connectivity index is 2.36. The summed E-state index contributed by atoms with van der Waals surface area (Å²) in [6.45, 7) is 3.74. The number of primary amides is 1. The largest absolute Gasteiger partial charge is 0.365 e. The zero-order chi connectivity index (χ0) is 17.1. The topological polar surface area (TPSA) is 115 Å². The van der Waals surface area contributed by atoms with Crippen LogP contribution in [0, 0.1) is 17.0 Å². The van der Waals surface area contributed by atoms with Crippen LogP contribution in [0.25, 0.3) is 0 Å². The van der Waals surface area contributed by atoms with Crippen molar-refractivity contribution in [2.24, 2.45) is 5.73 Å². The molecule has 0 atom stereocenters. The number of benzene rings is 1. The zero-order valence-corrected chi connectivity index (χ0v) is 13.4. The van der Waals surface area contributed by atoms with Gasteiger partial charge in [-0.25, -0.2) is 0 Å².